The van der Waals surface area contributed by atoms with Crippen LogP contribution in [0.3, 0.4) is 0 Å². The second kappa shape index (κ2) is 7.98. The third-order valence-corrected chi connectivity index (χ3v) is 5.41. The summed E-state index contributed by atoms with van der Waals surface area (Å²) in [6, 6.07) is 5.84. The minimum atomic E-state index is -4.92. The normalized spacial score (nSPS) is 21.4. The number of amides is 3. The molecule has 0 aliphatic carbocycles. The molecule has 1 N–H and O–H groups in total. The van der Waals surface area contributed by atoms with Crippen molar-refractivity contribution in [3.8, 4) is 0 Å². The van der Waals surface area contributed by atoms with Crippen LogP contribution in [0.2, 0.25) is 5.02 Å². The van der Waals surface area contributed by atoms with Gasteiger partial charge < -0.3 is 15.1 Å². The third kappa shape index (κ3) is 4.09. The number of carbonyl (C=O) groups excluding carboxylic acids is 3. The van der Waals surface area contributed by atoms with Crippen molar-refractivity contribution in [3.05, 3.63) is 34.9 Å². The Bertz CT molecular complexity index is 779. The Morgan fingerprint density at radius 1 is 1.11 bits per heavy atom. The van der Waals surface area contributed by atoms with Gasteiger partial charge in [0.2, 0.25) is 11.8 Å². The zero-order valence-electron chi connectivity index (χ0n) is 14.8. The lowest BCUT2D eigenvalue weighted by atomic mass is 9.92. The van der Waals surface area contributed by atoms with Crippen molar-refractivity contribution < 1.29 is 27.6 Å². The van der Waals surface area contributed by atoms with Crippen LogP contribution in [0.15, 0.2) is 24.3 Å². The highest BCUT2D eigenvalue weighted by Crippen LogP contribution is 2.32. The van der Waals surface area contributed by atoms with Gasteiger partial charge in [-0.15, -0.1) is 0 Å². The molecule has 1 aromatic rings. The summed E-state index contributed by atoms with van der Waals surface area (Å²) in [5.41, 5.74) is 0.499. The van der Waals surface area contributed by atoms with E-state index in [1.807, 2.05) is 0 Å². The Morgan fingerprint density at radius 2 is 1.75 bits per heavy atom. The molecule has 0 aromatic heterocycles. The molecule has 0 radical (unpaired) electrons. The maximum absolute atomic E-state index is 13.0. The van der Waals surface area contributed by atoms with E-state index in [9.17, 15) is 27.6 Å². The van der Waals surface area contributed by atoms with Gasteiger partial charge in [0.15, 0.2) is 0 Å². The standard InChI is InChI=1S/C18H19ClF3N3O3/c19-13-4-2-1-3-12(13)14-15(26)23-7-10-25(14)16(27)11-5-8-24(9-6-11)17(28)18(20,21)22/h1-4,11,14H,5-10H2,(H,23,26). The van der Waals surface area contributed by atoms with Gasteiger partial charge in [-0.25, -0.2) is 0 Å². The fourth-order valence-corrected chi connectivity index (χ4v) is 3.89. The second-order valence-corrected chi connectivity index (χ2v) is 7.22. The van der Waals surface area contributed by atoms with Crippen LogP contribution in [0.5, 0.6) is 0 Å². The van der Waals surface area contributed by atoms with Crippen molar-refractivity contribution >= 4 is 29.3 Å². The van der Waals surface area contributed by atoms with E-state index in [1.165, 1.54) is 4.90 Å². The van der Waals surface area contributed by atoms with Gasteiger partial charge in [-0.1, -0.05) is 29.8 Å². The number of likely N-dealkylation sites (tertiary alicyclic amines) is 1. The van der Waals surface area contributed by atoms with E-state index in [1.54, 1.807) is 24.3 Å². The number of halogens is 4. The molecule has 2 aliphatic heterocycles. The number of hydrogen-bond donors (Lipinski definition) is 1. The molecule has 2 fully saturated rings. The van der Waals surface area contributed by atoms with Gasteiger partial charge >= 0.3 is 12.1 Å². The molecule has 2 aliphatic rings. The molecule has 10 heteroatoms. The molecule has 3 rings (SSSR count). The lowest BCUT2D eigenvalue weighted by molar-refractivity contribution is -0.187. The van der Waals surface area contributed by atoms with Gasteiger partial charge in [-0.3, -0.25) is 14.4 Å². The fourth-order valence-electron chi connectivity index (χ4n) is 3.65. The van der Waals surface area contributed by atoms with Crippen LogP contribution in [0.1, 0.15) is 24.4 Å². The molecule has 2 saturated heterocycles. The molecule has 28 heavy (non-hydrogen) atoms. The van der Waals surface area contributed by atoms with Crippen molar-refractivity contribution in [1.29, 1.82) is 0 Å². The zero-order chi connectivity index (χ0) is 20.5. The van der Waals surface area contributed by atoms with E-state index in [0.29, 0.717) is 10.6 Å². The van der Waals surface area contributed by atoms with Gasteiger partial charge in [-0.2, -0.15) is 13.2 Å². The summed E-state index contributed by atoms with van der Waals surface area (Å²) in [7, 11) is 0. The maximum atomic E-state index is 13.0. The Labute approximate surface area is 164 Å². The van der Waals surface area contributed by atoms with Crippen LogP contribution in [0.25, 0.3) is 0 Å². The van der Waals surface area contributed by atoms with E-state index < -0.39 is 24.0 Å². The summed E-state index contributed by atoms with van der Waals surface area (Å²) in [4.78, 5) is 39.0. The van der Waals surface area contributed by atoms with Crippen LogP contribution in [-0.2, 0) is 14.4 Å². The fraction of sp³-hybridized carbons (Fsp3) is 0.500. The number of piperazine rings is 1. The van der Waals surface area contributed by atoms with Crippen molar-refractivity contribution in [2.45, 2.75) is 25.1 Å². The summed E-state index contributed by atoms with van der Waals surface area (Å²) in [6.07, 6.45) is -4.68. The van der Waals surface area contributed by atoms with Crippen molar-refractivity contribution in [2.24, 2.45) is 5.92 Å². The van der Waals surface area contributed by atoms with Crippen LogP contribution >= 0.6 is 11.6 Å². The Balaban J connectivity index is 1.73. The molecule has 2 heterocycles. The van der Waals surface area contributed by atoms with Crippen molar-refractivity contribution in [3.63, 3.8) is 0 Å². The topological polar surface area (TPSA) is 69.7 Å². The summed E-state index contributed by atoms with van der Waals surface area (Å²) < 4.78 is 37.7. The minimum Gasteiger partial charge on any atom is -0.352 e. The Kier molecular flexibility index (Phi) is 5.83. The molecular weight excluding hydrogens is 399 g/mol. The highest BCUT2D eigenvalue weighted by molar-refractivity contribution is 6.31. The number of carbonyl (C=O) groups is 3. The molecule has 152 valence electrons. The summed E-state index contributed by atoms with van der Waals surface area (Å²) >= 11 is 6.21. The first-order chi connectivity index (χ1) is 13.2. The van der Waals surface area contributed by atoms with Crippen LogP contribution in [0.4, 0.5) is 13.2 Å². The van der Waals surface area contributed by atoms with E-state index in [-0.39, 0.29) is 50.8 Å². The molecule has 6 nitrogen and oxygen atoms in total. The molecule has 1 aromatic carbocycles. The maximum Gasteiger partial charge on any atom is 0.471 e. The Hall–Kier alpha value is -2.29. The smallest absolute Gasteiger partial charge is 0.352 e. The minimum absolute atomic E-state index is 0.119. The first-order valence-electron chi connectivity index (χ1n) is 8.89. The third-order valence-electron chi connectivity index (χ3n) is 5.07. The van der Waals surface area contributed by atoms with Gasteiger partial charge in [0.25, 0.3) is 0 Å². The summed E-state index contributed by atoms with van der Waals surface area (Å²) in [6.45, 7) is 0.274. The van der Waals surface area contributed by atoms with Gasteiger partial charge in [0, 0.05) is 42.7 Å². The van der Waals surface area contributed by atoms with E-state index in [4.69, 9.17) is 11.6 Å². The lowest BCUT2D eigenvalue weighted by Crippen LogP contribution is -2.55. The number of benzene rings is 1. The van der Waals surface area contributed by atoms with Crippen LogP contribution < -0.4 is 5.32 Å². The molecular formula is C18H19ClF3N3O3. The monoisotopic (exact) mass is 417 g/mol. The zero-order valence-corrected chi connectivity index (χ0v) is 15.6. The predicted octanol–water partition coefficient (Wildman–Crippen LogP) is 2.14. The molecule has 0 saturated carbocycles. The number of nitrogens with one attached hydrogen (secondary N) is 1. The average molecular weight is 418 g/mol. The summed E-state index contributed by atoms with van der Waals surface area (Å²) in [5.74, 6) is -3.09. The molecule has 1 atom stereocenters. The average Bonchev–Trinajstić information content (AvgIpc) is 2.67. The van der Waals surface area contributed by atoms with E-state index in [0.717, 1.165) is 4.90 Å². The van der Waals surface area contributed by atoms with Gasteiger partial charge in [-0.05, 0) is 18.9 Å². The van der Waals surface area contributed by atoms with Gasteiger partial charge in [0.1, 0.15) is 6.04 Å². The quantitative estimate of drug-likeness (QED) is 0.801. The first-order valence-corrected chi connectivity index (χ1v) is 9.26. The highest BCUT2D eigenvalue weighted by atomic mass is 35.5. The first kappa shape index (κ1) is 20.4. The number of alkyl halides is 3. The molecule has 1 unspecified atom stereocenters. The van der Waals surface area contributed by atoms with Gasteiger partial charge in [0.05, 0.1) is 0 Å². The number of rotatable bonds is 2. The SMILES string of the molecule is O=C1NCCN(C(=O)C2CCN(C(=O)C(F)(F)F)CC2)C1c1ccccc1Cl. The molecule has 0 bridgehead atoms. The number of hydrogen-bond acceptors (Lipinski definition) is 3. The number of piperidine rings is 1. The van der Waals surface area contributed by atoms with Crippen LogP contribution in [-0.4, -0.2) is 59.9 Å². The summed E-state index contributed by atoms with van der Waals surface area (Å²) in [5, 5.41) is 3.07. The predicted molar refractivity (Wildman–Crippen MR) is 94.3 cm³/mol. The highest BCUT2D eigenvalue weighted by Gasteiger charge is 2.45. The molecule has 0 spiro atoms. The molecule has 3 amide bonds. The largest absolute Gasteiger partial charge is 0.471 e. The number of nitrogens with zero attached hydrogens (tertiary/aromatic N) is 2. The van der Waals surface area contributed by atoms with E-state index in [2.05, 4.69) is 5.32 Å². The van der Waals surface area contributed by atoms with Crippen molar-refractivity contribution in [2.75, 3.05) is 26.2 Å². The lowest BCUT2D eigenvalue weighted by Gasteiger charge is -2.39. The van der Waals surface area contributed by atoms with Crippen LogP contribution in [0, 0.1) is 5.92 Å². The second-order valence-electron chi connectivity index (χ2n) is 6.81. The van der Waals surface area contributed by atoms with E-state index >= 15 is 0 Å². The van der Waals surface area contributed by atoms with Crippen molar-refractivity contribution in [1.82, 2.24) is 15.1 Å². The Morgan fingerprint density at radius 3 is 2.36 bits per heavy atom.